The molecular weight excluding hydrogens is 236 g/mol. The Morgan fingerprint density at radius 2 is 1.84 bits per heavy atom. The second-order valence-corrected chi connectivity index (χ2v) is 5.89. The molecule has 2 aliphatic carbocycles. The number of carbonyl (C=O) groups excluding carboxylic acids is 1. The zero-order valence-corrected chi connectivity index (χ0v) is 11.4. The Morgan fingerprint density at radius 3 is 2.68 bits per heavy atom. The first-order valence-electron chi connectivity index (χ1n) is 7.53. The summed E-state index contributed by atoms with van der Waals surface area (Å²) in [5.41, 5.74) is 1.23. The van der Waals surface area contributed by atoms with Crippen molar-refractivity contribution in [2.75, 3.05) is 0 Å². The SMILES string of the molecule is O=C1CC[C@H](OCc2ccccc2)[C@H]2CCCC[C@H]12. The van der Waals surface area contributed by atoms with Crippen LogP contribution >= 0.6 is 0 Å². The smallest absolute Gasteiger partial charge is 0.136 e. The van der Waals surface area contributed by atoms with E-state index in [9.17, 15) is 4.79 Å². The normalized spacial score (nSPS) is 30.9. The fourth-order valence-corrected chi connectivity index (χ4v) is 3.67. The van der Waals surface area contributed by atoms with E-state index in [1.807, 2.05) is 18.2 Å². The first-order valence-corrected chi connectivity index (χ1v) is 7.53. The maximum Gasteiger partial charge on any atom is 0.136 e. The molecular formula is C17H22O2. The van der Waals surface area contributed by atoms with Crippen molar-refractivity contribution in [1.82, 2.24) is 0 Å². The van der Waals surface area contributed by atoms with Gasteiger partial charge >= 0.3 is 0 Å². The second-order valence-electron chi connectivity index (χ2n) is 5.89. The summed E-state index contributed by atoms with van der Waals surface area (Å²) >= 11 is 0. The monoisotopic (exact) mass is 258 g/mol. The van der Waals surface area contributed by atoms with Gasteiger partial charge in [0, 0.05) is 12.3 Å². The molecule has 3 rings (SSSR count). The van der Waals surface area contributed by atoms with Crippen LogP contribution in [-0.2, 0) is 16.1 Å². The largest absolute Gasteiger partial charge is 0.373 e. The van der Waals surface area contributed by atoms with Crippen molar-refractivity contribution in [3.8, 4) is 0 Å². The van der Waals surface area contributed by atoms with Crippen LogP contribution in [0.15, 0.2) is 30.3 Å². The number of ketones is 1. The van der Waals surface area contributed by atoms with Crippen molar-refractivity contribution in [1.29, 1.82) is 0 Å². The Kier molecular flexibility index (Phi) is 3.97. The fourth-order valence-electron chi connectivity index (χ4n) is 3.67. The third-order valence-corrected chi connectivity index (χ3v) is 4.69. The molecule has 2 nitrogen and oxygen atoms in total. The average Bonchev–Trinajstić information content (AvgIpc) is 2.48. The molecule has 1 aromatic carbocycles. The number of fused-ring (bicyclic) bond motifs is 1. The van der Waals surface area contributed by atoms with Gasteiger partial charge in [0.15, 0.2) is 0 Å². The Balaban J connectivity index is 1.62. The van der Waals surface area contributed by atoms with Crippen LogP contribution in [0.1, 0.15) is 44.1 Å². The molecule has 2 saturated carbocycles. The maximum atomic E-state index is 12.0. The van der Waals surface area contributed by atoms with Crippen molar-refractivity contribution in [3.05, 3.63) is 35.9 Å². The lowest BCUT2D eigenvalue weighted by Gasteiger charge is -2.40. The number of ether oxygens (including phenoxy) is 1. The second kappa shape index (κ2) is 5.87. The molecule has 102 valence electrons. The van der Waals surface area contributed by atoms with Crippen LogP contribution in [0.5, 0.6) is 0 Å². The Hall–Kier alpha value is -1.15. The van der Waals surface area contributed by atoms with E-state index in [0.29, 0.717) is 30.3 Å². The van der Waals surface area contributed by atoms with Gasteiger partial charge in [0.2, 0.25) is 0 Å². The molecule has 2 fully saturated rings. The summed E-state index contributed by atoms with van der Waals surface area (Å²) in [5.74, 6) is 1.27. The van der Waals surface area contributed by atoms with Crippen molar-refractivity contribution < 1.29 is 9.53 Å². The molecule has 0 bridgehead atoms. The van der Waals surface area contributed by atoms with Crippen molar-refractivity contribution in [3.63, 3.8) is 0 Å². The van der Waals surface area contributed by atoms with Crippen LogP contribution in [0, 0.1) is 11.8 Å². The van der Waals surface area contributed by atoms with Crippen molar-refractivity contribution in [2.24, 2.45) is 11.8 Å². The predicted octanol–water partition coefficient (Wildman–Crippen LogP) is 3.74. The highest BCUT2D eigenvalue weighted by Crippen LogP contribution is 2.40. The van der Waals surface area contributed by atoms with E-state index in [-0.39, 0.29) is 0 Å². The topological polar surface area (TPSA) is 26.3 Å². The molecule has 1 aromatic rings. The van der Waals surface area contributed by atoms with Gasteiger partial charge in [-0.25, -0.2) is 0 Å². The van der Waals surface area contributed by atoms with Crippen LogP contribution in [0.4, 0.5) is 0 Å². The molecule has 0 spiro atoms. The summed E-state index contributed by atoms with van der Waals surface area (Å²) in [6.45, 7) is 0.683. The average molecular weight is 258 g/mol. The van der Waals surface area contributed by atoms with Gasteiger partial charge in [-0.1, -0.05) is 43.2 Å². The van der Waals surface area contributed by atoms with Crippen LogP contribution in [-0.4, -0.2) is 11.9 Å². The van der Waals surface area contributed by atoms with Crippen LogP contribution in [0.25, 0.3) is 0 Å². The molecule has 19 heavy (non-hydrogen) atoms. The van der Waals surface area contributed by atoms with Gasteiger partial charge in [-0.3, -0.25) is 4.79 Å². The summed E-state index contributed by atoms with van der Waals surface area (Å²) in [4.78, 5) is 12.0. The number of rotatable bonds is 3. The highest BCUT2D eigenvalue weighted by molar-refractivity contribution is 5.82. The molecule has 0 aromatic heterocycles. The van der Waals surface area contributed by atoms with Crippen molar-refractivity contribution in [2.45, 2.75) is 51.2 Å². The zero-order valence-electron chi connectivity index (χ0n) is 11.4. The van der Waals surface area contributed by atoms with Gasteiger partial charge in [-0.05, 0) is 30.7 Å². The number of carbonyl (C=O) groups is 1. The molecule has 0 N–H and O–H groups in total. The predicted molar refractivity (Wildman–Crippen MR) is 74.7 cm³/mol. The number of benzene rings is 1. The molecule has 2 aliphatic rings. The van der Waals surface area contributed by atoms with Gasteiger partial charge < -0.3 is 4.74 Å². The molecule has 0 saturated heterocycles. The molecule has 3 atom stereocenters. The first kappa shape index (κ1) is 12.9. The summed E-state index contributed by atoms with van der Waals surface area (Å²) in [6, 6.07) is 10.3. The Labute approximate surface area is 115 Å². The summed E-state index contributed by atoms with van der Waals surface area (Å²) < 4.78 is 6.13. The van der Waals surface area contributed by atoms with Gasteiger partial charge in [-0.15, -0.1) is 0 Å². The van der Waals surface area contributed by atoms with Gasteiger partial charge in [-0.2, -0.15) is 0 Å². The van der Waals surface area contributed by atoms with E-state index in [1.54, 1.807) is 0 Å². The van der Waals surface area contributed by atoms with E-state index >= 15 is 0 Å². The first-order chi connectivity index (χ1) is 9.34. The zero-order chi connectivity index (χ0) is 13.1. The van der Waals surface area contributed by atoms with Gasteiger partial charge in [0.05, 0.1) is 12.7 Å². The maximum absolute atomic E-state index is 12.0. The Bertz CT molecular complexity index is 426. The minimum absolute atomic E-state index is 0.295. The van der Waals surface area contributed by atoms with E-state index in [1.165, 1.54) is 24.8 Å². The Morgan fingerprint density at radius 1 is 1.05 bits per heavy atom. The third-order valence-electron chi connectivity index (χ3n) is 4.69. The third kappa shape index (κ3) is 2.89. The summed E-state index contributed by atoms with van der Waals surface area (Å²) in [7, 11) is 0. The van der Waals surface area contributed by atoms with E-state index in [0.717, 1.165) is 19.3 Å². The minimum atomic E-state index is 0.295. The lowest BCUT2D eigenvalue weighted by atomic mass is 9.69. The summed E-state index contributed by atoms with van der Waals surface area (Å²) in [5, 5.41) is 0. The number of hydrogen-bond acceptors (Lipinski definition) is 2. The molecule has 2 heteroatoms. The van der Waals surface area contributed by atoms with E-state index < -0.39 is 0 Å². The minimum Gasteiger partial charge on any atom is -0.373 e. The van der Waals surface area contributed by atoms with Gasteiger partial charge in [0.25, 0.3) is 0 Å². The fraction of sp³-hybridized carbons (Fsp3) is 0.588. The highest BCUT2D eigenvalue weighted by Gasteiger charge is 2.40. The van der Waals surface area contributed by atoms with Crippen LogP contribution in [0.3, 0.4) is 0 Å². The van der Waals surface area contributed by atoms with Crippen LogP contribution < -0.4 is 0 Å². The molecule has 0 unspecified atom stereocenters. The number of Topliss-reactive ketones (excluding diaryl/α,β-unsaturated/α-hetero) is 1. The van der Waals surface area contributed by atoms with Crippen LogP contribution in [0.2, 0.25) is 0 Å². The standard InChI is InChI=1S/C17H22O2/c18-16-10-11-17(15-9-5-4-8-14(15)16)19-12-13-6-2-1-3-7-13/h1-3,6-7,14-15,17H,4-5,8-12H2/t14-,15-,17-/m0/s1. The van der Waals surface area contributed by atoms with E-state index in [2.05, 4.69) is 12.1 Å². The molecule has 0 heterocycles. The van der Waals surface area contributed by atoms with E-state index in [4.69, 9.17) is 4.74 Å². The van der Waals surface area contributed by atoms with Gasteiger partial charge in [0.1, 0.15) is 5.78 Å². The molecule has 0 amide bonds. The number of hydrogen-bond donors (Lipinski definition) is 0. The molecule has 0 aliphatic heterocycles. The van der Waals surface area contributed by atoms with Crippen molar-refractivity contribution >= 4 is 5.78 Å². The quantitative estimate of drug-likeness (QED) is 0.825. The molecule has 0 radical (unpaired) electrons. The lowest BCUT2D eigenvalue weighted by molar-refractivity contribution is -0.136. The summed E-state index contributed by atoms with van der Waals surface area (Å²) in [6.07, 6.45) is 6.69. The highest BCUT2D eigenvalue weighted by atomic mass is 16.5. The lowest BCUT2D eigenvalue weighted by Crippen LogP contribution is -2.41.